The van der Waals surface area contributed by atoms with E-state index in [9.17, 15) is 4.79 Å². The molecule has 1 N–H and O–H groups in total. The van der Waals surface area contributed by atoms with Gasteiger partial charge in [-0.25, -0.2) is 0 Å². The van der Waals surface area contributed by atoms with Crippen molar-refractivity contribution in [1.82, 2.24) is 5.32 Å². The summed E-state index contributed by atoms with van der Waals surface area (Å²) in [5, 5.41) is 3.54. The van der Waals surface area contributed by atoms with Crippen molar-refractivity contribution < 1.29 is 4.79 Å². The topological polar surface area (TPSA) is 29.1 Å². The zero-order chi connectivity index (χ0) is 12.5. The Morgan fingerprint density at radius 1 is 1.29 bits per heavy atom. The fourth-order valence-electron chi connectivity index (χ4n) is 1.29. The van der Waals surface area contributed by atoms with Gasteiger partial charge in [0.1, 0.15) is 0 Å². The average Bonchev–Trinajstić information content (AvgIpc) is 2.32. The van der Waals surface area contributed by atoms with Crippen LogP contribution in [-0.2, 0) is 11.2 Å². The van der Waals surface area contributed by atoms with Crippen LogP contribution in [0.2, 0.25) is 5.02 Å². The zero-order valence-electron chi connectivity index (χ0n) is 9.82. The zero-order valence-corrected chi connectivity index (χ0v) is 10.6. The molecule has 0 bridgehead atoms. The van der Waals surface area contributed by atoms with Gasteiger partial charge in [0.2, 0.25) is 5.91 Å². The maximum Gasteiger partial charge on any atom is 0.243 e. The molecule has 0 spiro atoms. The van der Waals surface area contributed by atoms with Crippen LogP contribution >= 0.6 is 11.6 Å². The number of allylic oxidation sites excluding steroid dienone is 3. The molecule has 0 unspecified atom stereocenters. The van der Waals surface area contributed by atoms with Crippen LogP contribution in [0.5, 0.6) is 0 Å². The van der Waals surface area contributed by atoms with Gasteiger partial charge in [0.05, 0.1) is 0 Å². The molecule has 1 aromatic rings. The van der Waals surface area contributed by atoms with Gasteiger partial charge in [-0.05, 0) is 31.0 Å². The van der Waals surface area contributed by atoms with E-state index in [1.807, 2.05) is 43.3 Å². The first-order chi connectivity index (χ1) is 8.22. The molecule has 1 rings (SSSR count). The van der Waals surface area contributed by atoms with Crippen molar-refractivity contribution in [3.8, 4) is 0 Å². The second kappa shape index (κ2) is 7.69. The summed E-state index contributed by atoms with van der Waals surface area (Å²) in [6.07, 6.45) is 7.73. The maximum absolute atomic E-state index is 11.3. The van der Waals surface area contributed by atoms with Gasteiger partial charge in [-0.15, -0.1) is 0 Å². The van der Waals surface area contributed by atoms with Crippen molar-refractivity contribution in [3.05, 3.63) is 59.2 Å². The van der Waals surface area contributed by atoms with Crippen LogP contribution in [0.1, 0.15) is 12.5 Å². The van der Waals surface area contributed by atoms with E-state index < -0.39 is 0 Å². The van der Waals surface area contributed by atoms with E-state index in [4.69, 9.17) is 11.6 Å². The van der Waals surface area contributed by atoms with Gasteiger partial charge in [0.25, 0.3) is 0 Å². The molecule has 0 aliphatic carbocycles. The summed E-state index contributed by atoms with van der Waals surface area (Å²) in [7, 11) is 0. The van der Waals surface area contributed by atoms with Crippen molar-refractivity contribution in [3.63, 3.8) is 0 Å². The van der Waals surface area contributed by atoms with Gasteiger partial charge in [-0.2, -0.15) is 0 Å². The molecule has 0 radical (unpaired) electrons. The quantitative estimate of drug-likeness (QED) is 0.631. The van der Waals surface area contributed by atoms with E-state index in [-0.39, 0.29) is 5.91 Å². The summed E-state index contributed by atoms with van der Waals surface area (Å²) in [5.41, 5.74) is 1.16. The Kier molecular flexibility index (Phi) is 6.12. The molecule has 0 aliphatic rings. The van der Waals surface area contributed by atoms with Crippen LogP contribution in [0.25, 0.3) is 0 Å². The van der Waals surface area contributed by atoms with Crippen molar-refractivity contribution in [2.75, 3.05) is 6.54 Å². The van der Waals surface area contributed by atoms with Crippen LogP contribution < -0.4 is 5.32 Å². The van der Waals surface area contributed by atoms with Crippen LogP contribution in [-0.4, -0.2) is 12.5 Å². The molecular weight excluding hydrogens is 234 g/mol. The highest BCUT2D eigenvalue weighted by Gasteiger charge is 1.96. The molecule has 0 aromatic heterocycles. The highest BCUT2D eigenvalue weighted by atomic mass is 35.5. The van der Waals surface area contributed by atoms with E-state index >= 15 is 0 Å². The monoisotopic (exact) mass is 249 g/mol. The number of nitrogens with one attached hydrogen (secondary N) is 1. The first kappa shape index (κ1) is 13.5. The minimum absolute atomic E-state index is 0.0722. The number of carbonyl (C=O) groups is 1. The number of amides is 1. The van der Waals surface area contributed by atoms with Gasteiger partial charge in [0.15, 0.2) is 0 Å². The number of benzene rings is 1. The Morgan fingerprint density at radius 2 is 2.00 bits per heavy atom. The van der Waals surface area contributed by atoms with E-state index in [1.165, 1.54) is 6.08 Å². The number of hydrogen-bond acceptors (Lipinski definition) is 1. The maximum atomic E-state index is 11.3. The number of halogens is 1. The standard InChI is InChI=1S/C14H16ClNO/c1-2-3-4-5-14(17)16-11-10-12-6-8-13(15)9-7-12/h2-9H,10-11H2,1H3,(H,16,17)/b3-2+,5-4-. The fourth-order valence-corrected chi connectivity index (χ4v) is 1.42. The van der Waals surface area contributed by atoms with Crippen molar-refractivity contribution in [2.24, 2.45) is 0 Å². The third-order valence-electron chi connectivity index (χ3n) is 2.18. The molecule has 0 heterocycles. The third-order valence-corrected chi connectivity index (χ3v) is 2.43. The van der Waals surface area contributed by atoms with E-state index in [0.717, 1.165) is 17.0 Å². The minimum atomic E-state index is -0.0722. The van der Waals surface area contributed by atoms with Gasteiger partial charge in [0, 0.05) is 17.6 Å². The number of rotatable bonds is 5. The Morgan fingerprint density at radius 3 is 2.65 bits per heavy atom. The van der Waals surface area contributed by atoms with Gasteiger partial charge < -0.3 is 5.32 Å². The number of carbonyl (C=O) groups excluding carboxylic acids is 1. The van der Waals surface area contributed by atoms with Crippen LogP contribution in [0, 0.1) is 0 Å². The van der Waals surface area contributed by atoms with E-state index in [2.05, 4.69) is 5.32 Å². The van der Waals surface area contributed by atoms with Gasteiger partial charge in [-0.1, -0.05) is 42.0 Å². The predicted octanol–water partition coefficient (Wildman–Crippen LogP) is 3.13. The van der Waals surface area contributed by atoms with Crippen molar-refractivity contribution in [1.29, 1.82) is 0 Å². The predicted molar refractivity (Wildman–Crippen MR) is 72.1 cm³/mol. The molecule has 1 aromatic carbocycles. The molecule has 1 amide bonds. The van der Waals surface area contributed by atoms with E-state index in [0.29, 0.717) is 6.54 Å². The molecule has 0 saturated carbocycles. The second-order valence-corrected chi connectivity index (χ2v) is 3.99. The van der Waals surface area contributed by atoms with Crippen LogP contribution in [0.3, 0.4) is 0 Å². The molecule has 0 saturated heterocycles. The lowest BCUT2D eigenvalue weighted by Crippen LogP contribution is -2.23. The Bertz CT molecular complexity index is 407. The molecule has 17 heavy (non-hydrogen) atoms. The number of hydrogen-bond donors (Lipinski definition) is 1. The Labute approximate surface area is 107 Å². The largest absolute Gasteiger partial charge is 0.352 e. The average molecular weight is 250 g/mol. The molecule has 0 fully saturated rings. The minimum Gasteiger partial charge on any atom is -0.352 e. The van der Waals surface area contributed by atoms with Gasteiger partial charge >= 0.3 is 0 Å². The Balaban J connectivity index is 2.28. The molecule has 0 atom stereocenters. The normalized spacial score (nSPS) is 11.2. The summed E-state index contributed by atoms with van der Waals surface area (Å²) in [5.74, 6) is -0.0722. The summed E-state index contributed by atoms with van der Waals surface area (Å²) < 4.78 is 0. The lowest BCUT2D eigenvalue weighted by Gasteiger charge is -2.02. The lowest BCUT2D eigenvalue weighted by molar-refractivity contribution is -0.116. The highest BCUT2D eigenvalue weighted by molar-refractivity contribution is 6.30. The molecular formula is C14H16ClNO. The molecule has 2 nitrogen and oxygen atoms in total. The first-order valence-corrected chi connectivity index (χ1v) is 5.92. The lowest BCUT2D eigenvalue weighted by atomic mass is 10.1. The highest BCUT2D eigenvalue weighted by Crippen LogP contribution is 2.09. The van der Waals surface area contributed by atoms with Gasteiger partial charge in [-0.3, -0.25) is 4.79 Å². The summed E-state index contributed by atoms with van der Waals surface area (Å²) >= 11 is 5.78. The smallest absolute Gasteiger partial charge is 0.243 e. The van der Waals surface area contributed by atoms with Crippen molar-refractivity contribution >= 4 is 17.5 Å². The molecule has 90 valence electrons. The molecule has 3 heteroatoms. The fraction of sp³-hybridized carbons (Fsp3) is 0.214. The summed E-state index contributed by atoms with van der Waals surface area (Å²) in [4.78, 5) is 11.3. The summed E-state index contributed by atoms with van der Waals surface area (Å²) in [6.45, 7) is 2.53. The Hall–Kier alpha value is -1.54. The van der Waals surface area contributed by atoms with Crippen molar-refractivity contribution in [2.45, 2.75) is 13.3 Å². The third kappa shape index (κ3) is 5.93. The van der Waals surface area contributed by atoms with Crippen LogP contribution in [0.15, 0.2) is 48.6 Å². The SMILES string of the molecule is C/C=C/C=C\C(=O)NCCc1ccc(Cl)cc1. The molecule has 0 aliphatic heterocycles. The summed E-state index contributed by atoms with van der Waals surface area (Å²) in [6, 6.07) is 7.63. The first-order valence-electron chi connectivity index (χ1n) is 5.54. The van der Waals surface area contributed by atoms with Crippen LogP contribution in [0.4, 0.5) is 0 Å². The second-order valence-electron chi connectivity index (χ2n) is 3.55. The van der Waals surface area contributed by atoms with E-state index in [1.54, 1.807) is 6.08 Å².